The smallest absolute Gasteiger partial charge is 0.326 e. The summed E-state index contributed by atoms with van der Waals surface area (Å²) in [6.07, 6.45) is -4.42. The minimum absolute atomic E-state index is 0.00303. The molecule has 9 heteroatoms. The van der Waals surface area contributed by atoms with Crippen LogP contribution in [0.25, 0.3) is 11.1 Å². The summed E-state index contributed by atoms with van der Waals surface area (Å²) in [7, 11) is -3.88. The molecule has 0 aliphatic rings. The van der Waals surface area contributed by atoms with Gasteiger partial charge in [0.05, 0.1) is 10.5 Å². The first-order valence-electron chi connectivity index (χ1n) is 9.98. The van der Waals surface area contributed by atoms with Gasteiger partial charge in [-0.3, -0.25) is 9.52 Å². The number of alkyl halides is 3. The summed E-state index contributed by atoms with van der Waals surface area (Å²) in [6.45, 7) is 5.36. The maximum atomic E-state index is 12.7. The van der Waals surface area contributed by atoms with Crippen molar-refractivity contribution in [2.24, 2.45) is 5.41 Å². The lowest BCUT2D eigenvalue weighted by Gasteiger charge is -2.17. The molecule has 0 fully saturated rings. The van der Waals surface area contributed by atoms with Crippen molar-refractivity contribution in [3.63, 3.8) is 0 Å². The number of carbonyl (C=O) groups excluding carboxylic acids is 1. The molecule has 0 unspecified atom stereocenters. The van der Waals surface area contributed by atoms with Gasteiger partial charge in [-0.1, -0.05) is 45.0 Å². The number of benzene rings is 3. The van der Waals surface area contributed by atoms with E-state index in [1.165, 1.54) is 48.5 Å². The Hall–Kier alpha value is -3.33. The highest BCUT2D eigenvalue weighted by molar-refractivity contribution is 7.92. The summed E-state index contributed by atoms with van der Waals surface area (Å²) in [6, 6.07) is 16.7. The van der Waals surface area contributed by atoms with Crippen molar-refractivity contribution in [3.8, 4) is 11.1 Å². The van der Waals surface area contributed by atoms with E-state index in [9.17, 15) is 26.4 Å². The Balaban J connectivity index is 1.71. The molecule has 0 radical (unpaired) electrons. The van der Waals surface area contributed by atoms with Crippen molar-refractivity contribution >= 4 is 27.3 Å². The van der Waals surface area contributed by atoms with E-state index >= 15 is 0 Å². The molecule has 0 bridgehead atoms. The van der Waals surface area contributed by atoms with Crippen molar-refractivity contribution in [3.05, 3.63) is 78.4 Å². The number of hydrogen-bond acceptors (Lipinski definition) is 3. The Morgan fingerprint density at radius 1 is 0.727 bits per heavy atom. The van der Waals surface area contributed by atoms with E-state index in [0.29, 0.717) is 22.5 Å². The van der Waals surface area contributed by atoms with Crippen LogP contribution in [0.3, 0.4) is 0 Å². The molecule has 0 heterocycles. The van der Waals surface area contributed by atoms with E-state index in [0.717, 1.165) is 12.1 Å². The number of halogens is 3. The van der Waals surface area contributed by atoms with Crippen LogP contribution in [0, 0.1) is 5.41 Å². The molecule has 2 N–H and O–H groups in total. The maximum absolute atomic E-state index is 12.7. The van der Waals surface area contributed by atoms with E-state index in [1.807, 2.05) is 0 Å². The Bertz CT molecular complexity index is 1230. The van der Waals surface area contributed by atoms with E-state index in [1.54, 1.807) is 32.9 Å². The number of carbonyl (C=O) groups is 1. The number of amides is 1. The van der Waals surface area contributed by atoms with E-state index in [2.05, 4.69) is 10.0 Å². The third-order valence-electron chi connectivity index (χ3n) is 4.79. The number of rotatable bonds is 5. The van der Waals surface area contributed by atoms with Gasteiger partial charge < -0.3 is 5.32 Å². The Morgan fingerprint density at radius 3 is 1.64 bits per heavy atom. The molecule has 3 rings (SSSR count). The lowest BCUT2D eigenvalue weighted by atomic mass is 9.95. The van der Waals surface area contributed by atoms with Crippen molar-refractivity contribution in [1.29, 1.82) is 0 Å². The third kappa shape index (κ3) is 6.13. The summed E-state index contributed by atoms with van der Waals surface area (Å²) in [5, 5.41) is 2.76. The Kier molecular flexibility index (Phi) is 6.56. The SMILES string of the molecule is CC(C)(C)C(=O)Nc1ccc(NS(=O)(=O)c2ccc(-c3ccc(C(F)(F)F)cc3)cc2)cc1. The van der Waals surface area contributed by atoms with Gasteiger partial charge in [-0.05, 0) is 59.7 Å². The molecule has 0 saturated heterocycles. The molecule has 0 aromatic heterocycles. The lowest BCUT2D eigenvalue weighted by molar-refractivity contribution is -0.137. The molecule has 3 aromatic carbocycles. The van der Waals surface area contributed by atoms with Crippen LogP contribution in [-0.4, -0.2) is 14.3 Å². The first-order chi connectivity index (χ1) is 15.3. The van der Waals surface area contributed by atoms with Gasteiger partial charge in [0.2, 0.25) is 5.91 Å². The second kappa shape index (κ2) is 8.90. The van der Waals surface area contributed by atoms with Gasteiger partial charge in [-0.15, -0.1) is 0 Å². The summed E-state index contributed by atoms with van der Waals surface area (Å²) < 4.78 is 66.0. The van der Waals surface area contributed by atoms with Crippen LogP contribution in [0.4, 0.5) is 24.5 Å². The van der Waals surface area contributed by atoms with Gasteiger partial charge >= 0.3 is 6.18 Å². The van der Waals surface area contributed by atoms with Crippen molar-refractivity contribution < 1.29 is 26.4 Å². The van der Waals surface area contributed by atoms with Gasteiger partial charge in [0.25, 0.3) is 10.0 Å². The lowest BCUT2D eigenvalue weighted by Crippen LogP contribution is -2.27. The van der Waals surface area contributed by atoms with Gasteiger partial charge in [0.1, 0.15) is 0 Å². The molecular weight excluding hydrogens is 453 g/mol. The molecule has 5 nitrogen and oxygen atoms in total. The second-order valence-corrected chi connectivity index (χ2v) is 10.2. The zero-order chi connectivity index (χ0) is 24.4. The van der Waals surface area contributed by atoms with Crippen LogP contribution >= 0.6 is 0 Å². The highest BCUT2D eigenvalue weighted by Gasteiger charge is 2.30. The topological polar surface area (TPSA) is 75.3 Å². The van der Waals surface area contributed by atoms with Crippen LogP contribution in [-0.2, 0) is 21.0 Å². The fourth-order valence-electron chi connectivity index (χ4n) is 2.83. The summed E-state index contributed by atoms with van der Waals surface area (Å²) >= 11 is 0. The molecule has 0 spiro atoms. The molecule has 3 aromatic rings. The minimum Gasteiger partial charge on any atom is -0.326 e. The van der Waals surface area contributed by atoms with Crippen LogP contribution in [0.2, 0.25) is 0 Å². The summed E-state index contributed by atoms with van der Waals surface area (Å²) in [4.78, 5) is 12.1. The van der Waals surface area contributed by atoms with Gasteiger partial charge in [-0.2, -0.15) is 13.2 Å². The monoisotopic (exact) mass is 476 g/mol. The van der Waals surface area contributed by atoms with Gasteiger partial charge in [-0.25, -0.2) is 8.42 Å². The van der Waals surface area contributed by atoms with Crippen molar-refractivity contribution in [1.82, 2.24) is 0 Å². The van der Waals surface area contributed by atoms with Crippen molar-refractivity contribution in [2.45, 2.75) is 31.8 Å². The van der Waals surface area contributed by atoms with Crippen LogP contribution < -0.4 is 10.0 Å². The van der Waals surface area contributed by atoms with E-state index in [4.69, 9.17) is 0 Å². The summed E-state index contributed by atoms with van der Waals surface area (Å²) in [5.41, 5.74) is 0.662. The average molecular weight is 477 g/mol. The fourth-order valence-corrected chi connectivity index (χ4v) is 3.89. The standard InChI is InChI=1S/C24H23F3N2O3S/c1-23(2,3)22(30)28-19-10-12-20(13-11-19)29-33(31,32)21-14-6-17(7-15-21)16-4-8-18(9-5-16)24(25,26)27/h4-15,29H,1-3H3,(H,28,30). The average Bonchev–Trinajstić information content (AvgIpc) is 2.74. The zero-order valence-corrected chi connectivity index (χ0v) is 19.0. The number of anilines is 2. The predicted octanol–water partition coefficient (Wildman–Crippen LogP) is 6.16. The van der Waals surface area contributed by atoms with Gasteiger partial charge in [0, 0.05) is 16.8 Å². The Morgan fingerprint density at radius 2 is 1.18 bits per heavy atom. The first kappa shape index (κ1) is 24.3. The number of hydrogen-bond donors (Lipinski definition) is 2. The molecule has 0 atom stereocenters. The quantitative estimate of drug-likeness (QED) is 0.463. The molecule has 0 aliphatic carbocycles. The number of sulfonamides is 1. The maximum Gasteiger partial charge on any atom is 0.416 e. The summed E-state index contributed by atoms with van der Waals surface area (Å²) in [5.74, 6) is -0.163. The molecule has 1 amide bonds. The van der Waals surface area contributed by atoms with E-state index < -0.39 is 27.2 Å². The first-order valence-corrected chi connectivity index (χ1v) is 11.5. The molecule has 0 aliphatic heterocycles. The van der Waals surface area contributed by atoms with Crippen LogP contribution in [0.5, 0.6) is 0 Å². The van der Waals surface area contributed by atoms with Crippen LogP contribution in [0.15, 0.2) is 77.7 Å². The number of nitrogens with one attached hydrogen (secondary N) is 2. The van der Waals surface area contributed by atoms with Gasteiger partial charge in [0.15, 0.2) is 0 Å². The zero-order valence-electron chi connectivity index (χ0n) is 18.2. The predicted molar refractivity (Wildman–Crippen MR) is 122 cm³/mol. The van der Waals surface area contributed by atoms with E-state index in [-0.39, 0.29) is 10.8 Å². The molecule has 33 heavy (non-hydrogen) atoms. The Labute approximate surface area is 190 Å². The largest absolute Gasteiger partial charge is 0.416 e. The van der Waals surface area contributed by atoms with Crippen molar-refractivity contribution in [2.75, 3.05) is 10.0 Å². The molecule has 174 valence electrons. The third-order valence-corrected chi connectivity index (χ3v) is 6.18. The molecule has 0 saturated carbocycles. The second-order valence-electron chi connectivity index (χ2n) is 8.49. The molecular formula is C24H23F3N2O3S. The highest BCUT2D eigenvalue weighted by Crippen LogP contribution is 2.31. The fraction of sp³-hybridized carbons (Fsp3) is 0.208. The minimum atomic E-state index is -4.42. The normalized spacial score (nSPS) is 12.3. The van der Waals surface area contributed by atoms with Crippen LogP contribution in [0.1, 0.15) is 26.3 Å². The highest BCUT2D eigenvalue weighted by atomic mass is 32.2.